The van der Waals surface area contributed by atoms with Crippen molar-refractivity contribution >= 4 is 26.7 Å². The molecule has 0 aliphatic carbocycles. The van der Waals surface area contributed by atoms with Crippen molar-refractivity contribution in [3.63, 3.8) is 0 Å². The zero-order chi connectivity index (χ0) is 17.8. The highest BCUT2D eigenvalue weighted by molar-refractivity contribution is 7.91. The largest absolute Gasteiger partial charge is 0.497 e. The van der Waals surface area contributed by atoms with Gasteiger partial charge in [0, 0.05) is 36.1 Å². The number of furan rings is 1. The van der Waals surface area contributed by atoms with Gasteiger partial charge in [-0.3, -0.25) is 4.79 Å². The molecule has 0 bridgehead atoms. The number of aryl methyl sites for hydroxylation is 1. The molecule has 2 aromatic rings. The highest BCUT2D eigenvalue weighted by atomic mass is 32.2. The Labute approximate surface area is 145 Å². The van der Waals surface area contributed by atoms with Gasteiger partial charge >= 0.3 is 0 Å². The van der Waals surface area contributed by atoms with Crippen molar-refractivity contribution in [2.75, 3.05) is 31.7 Å². The second-order valence-corrected chi connectivity index (χ2v) is 8.78. The van der Waals surface area contributed by atoms with Crippen LogP contribution in [0.5, 0.6) is 5.75 Å². The maximum absolute atomic E-state index is 13.1. The fourth-order valence-corrected chi connectivity index (χ4v) is 5.74. The van der Waals surface area contributed by atoms with Crippen LogP contribution in [0.3, 0.4) is 0 Å². The lowest BCUT2D eigenvalue weighted by Crippen LogP contribution is -2.59. The highest BCUT2D eigenvalue weighted by Crippen LogP contribution is 2.31. The second-order valence-electron chi connectivity index (χ2n) is 6.62. The number of ether oxygens (including phenoxy) is 1. The van der Waals surface area contributed by atoms with Crippen molar-refractivity contribution in [1.82, 2.24) is 10.2 Å². The molecule has 2 fully saturated rings. The molecule has 0 spiro atoms. The van der Waals surface area contributed by atoms with Crippen molar-refractivity contribution in [2.24, 2.45) is 0 Å². The Hall–Kier alpha value is -2.06. The van der Waals surface area contributed by atoms with Crippen LogP contribution in [0.2, 0.25) is 0 Å². The number of fused-ring (bicyclic) bond motifs is 2. The maximum atomic E-state index is 13.1. The second kappa shape index (κ2) is 5.74. The minimum Gasteiger partial charge on any atom is -0.497 e. The first kappa shape index (κ1) is 16.4. The lowest BCUT2D eigenvalue weighted by molar-refractivity contribution is 0.0590. The molecule has 7 nitrogen and oxygen atoms in total. The quantitative estimate of drug-likeness (QED) is 0.854. The lowest BCUT2D eigenvalue weighted by Gasteiger charge is -2.37. The predicted octanol–water partition coefficient (Wildman–Crippen LogP) is 0.961. The van der Waals surface area contributed by atoms with Crippen LogP contribution in [0.1, 0.15) is 16.1 Å². The number of benzene rings is 1. The van der Waals surface area contributed by atoms with E-state index in [1.807, 2.05) is 19.1 Å². The van der Waals surface area contributed by atoms with E-state index >= 15 is 0 Å². The summed E-state index contributed by atoms with van der Waals surface area (Å²) in [5.74, 6) is 0.764. The van der Waals surface area contributed by atoms with E-state index < -0.39 is 9.84 Å². The van der Waals surface area contributed by atoms with Crippen molar-refractivity contribution in [3.8, 4) is 5.75 Å². The van der Waals surface area contributed by atoms with Gasteiger partial charge in [0.1, 0.15) is 11.3 Å². The van der Waals surface area contributed by atoms with Gasteiger partial charge in [0.15, 0.2) is 15.6 Å². The molecule has 1 aromatic carbocycles. The molecule has 1 N–H and O–H groups in total. The lowest BCUT2D eigenvalue weighted by atomic mass is 10.1. The van der Waals surface area contributed by atoms with Crippen LogP contribution in [-0.2, 0) is 9.84 Å². The third kappa shape index (κ3) is 2.69. The van der Waals surface area contributed by atoms with Gasteiger partial charge in [-0.1, -0.05) is 0 Å². The zero-order valence-electron chi connectivity index (χ0n) is 14.1. The number of hydrogen-bond acceptors (Lipinski definition) is 6. The number of piperazine rings is 1. The molecule has 2 atom stereocenters. The van der Waals surface area contributed by atoms with E-state index in [9.17, 15) is 13.2 Å². The number of amides is 1. The number of methoxy groups -OCH3 is 1. The molecule has 0 radical (unpaired) electrons. The van der Waals surface area contributed by atoms with E-state index in [0.717, 1.165) is 10.9 Å². The minimum atomic E-state index is -3.12. The summed E-state index contributed by atoms with van der Waals surface area (Å²) in [7, 11) is -1.55. The third-order valence-corrected chi connectivity index (χ3v) is 6.80. The Morgan fingerprint density at radius 3 is 2.92 bits per heavy atom. The van der Waals surface area contributed by atoms with Crippen LogP contribution >= 0.6 is 0 Å². The molecule has 4 rings (SSSR count). The van der Waals surface area contributed by atoms with E-state index in [0.29, 0.717) is 24.4 Å². The summed E-state index contributed by atoms with van der Waals surface area (Å²) in [4.78, 5) is 14.7. The third-order valence-electron chi connectivity index (χ3n) is 5.08. The Morgan fingerprint density at radius 1 is 1.36 bits per heavy atom. The van der Waals surface area contributed by atoms with Crippen LogP contribution in [0.15, 0.2) is 22.6 Å². The molecule has 1 aromatic heterocycles. The topological polar surface area (TPSA) is 88.9 Å². The van der Waals surface area contributed by atoms with Gasteiger partial charge in [0.2, 0.25) is 0 Å². The number of nitrogens with one attached hydrogen (secondary N) is 1. The number of hydrogen-bond donors (Lipinski definition) is 1. The fraction of sp³-hybridized carbons (Fsp3) is 0.471. The molecule has 2 aliphatic rings. The first-order valence-corrected chi connectivity index (χ1v) is 10.0. The molecule has 1 amide bonds. The van der Waals surface area contributed by atoms with Gasteiger partial charge in [0.05, 0.1) is 24.7 Å². The van der Waals surface area contributed by atoms with Crippen molar-refractivity contribution < 1.29 is 22.4 Å². The zero-order valence-corrected chi connectivity index (χ0v) is 14.9. The molecular formula is C17H20N2O5S. The van der Waals surface area contributed by atoms with Gasteiger partial charge in [-0.05, 0) is 19.1 Å². The number of rotatable bonds is 2. The summed E-state index contributed by atoms with van der Waals surface area (Å²) in [6.45, 7) is 2.89. The Morgan fingerprint density at radius 2 is 2.16 bits per heavy atom. The Bertz CT molecular complexity index is 949. The molecule has 3 heterocycles. The number of carbonyl (C=O) groups is 1. The summed E-state index contributed by atoms with van der Waals surface area (Å²) in [5.41, 5.74) is 1.35. The average molecular weight is 364 g/mol. The van der Waals surface area contributed by atoms with E-state index in [1.165, 1.54) is 0 Å². The van der Waals surface area contributed by atoms with Crippen LogP contribution in [0, 0.1) is 6.92 Å². The molecule has 0 saturated carbocycles. The Balaban J connectivity index is 1.71. The van der Waals surface area contributed by atoms with E-state index in [2.05, 4.69) is 5.32 Å². The van der Waals surface area contributed by atoms with E-state index in [1.54, 1.807) is 18.1 Å². The molecule has 2 saturated heterocycles. The van der Waals surface area contributed by atoms with Crippen LogP contribution in [-0.4, -0.2) is 63.0 Å². The van der Waals surface area contributed by atoms with Gasteiger partial charge in [-0.25, -0.2) is 8.42 Å². The van der Waals surface area contributed by atoms with Crippen molar-refractivity contribution in [3.05, 3.63) is 29.5 Å². The summed E-state index contributed by atoms with van der Waals surface area (Å²) in [5, 5.41) is 4.07. The van der Waals surface area contributed by atoms with Crippen molar-refractivity contribution in [2.45, 2.75) is 19.0 Å². The summed E-state index contributed by atoms with van der Waals surface area (Å²) < 4.78 is 34.9. The Kier molecular flexibility index (Phi) is 3.77. The first-order valence-electron chi connectivity index (χ1n) is 8.21. The monoisotopic (exact) mass is 364 g/mol. The van der Waals surface area contributed by atoms with Crippen LogP contribution < -0.4 is 10.1 Å². The number of nitrogens with zero attached hydrogens (tertiary/aromatic N) is 1. The van der Waals surface area contributed by atoms with Gasteiger partial charge in [-0.15, -0.1) is 0 Å². The first-order chi connectivity index (χ1) is 11.9. The van der Waals surface area contributed by atoms with Crippen LogP contribution in [0.25, 0.3) is 11.0 Å². The highest BCUT2D eigenvalue weighted by Gasteiger charge is 2.45. The fourth-order valence-electron chi connectivity index (χ4n) is 3.79. The average Bonchev–Trinajstić information content (AvgIpc) is 3.08. The predicted molar refractivity (Wildman–Crippen MR) is 92.8 cm³/mol. The molecule has 0 unspecified atom stereocenters. The molecule has 8 heteroatoms. The van der Waals surface area contributed by atoms with E-state index in [4.69, 9.17) is 9.15 Å². The molecule has 134 valence electrons. The smallest absolute Gasteiger partial charge is 0.290 e. The minimum absolute atomic E-state index is 0.00348. The maximum Gasteiger partial charge on any atom is 0.290 e. The summed E-state index contributed by atoms with van der Waals surface area (Å²) >= 11 is 0. The number of carbonyl (C=O) groups excluding carboxylic acids is 1. The van der Waals surface area contributed by atoms with Gasteiger partial charge in [-0.2, -0.15) is 0 Å². The number of sulfone groups is 1. The standard InChI is InChI=1S/C17H20N2O5S/c1-10-12-4-3-11(23-2)7-15(12)24-16(10)17(20)19-6-5-18-13-8-25(21,22)9-14(13)19/h3-4,7,13-14,18H,5-6,8-9H2,1-2H3/t13-,14+/m1/s1. The molecule has 2 aliphatic heterocycles. The van der Waals surface area contributed by atoms with Crippen LogP contribution in [0.4, 0.5) is 0 Å². The van der Waals surface area contributed by atoms with Gasteiger partial charge in [0.25, 0.3) is 5.91 Å². The van der Waals surface area contributed by atoms with Crippen molar-refractivity contribution in [1.29, 1.82) is 0 Å². The summed E-state index contributed by atoms with van der Waals surface area (Å²) in [6, 6.07) is 4.90. The van der Waals surface area contributed by atoms with E-state index in [-0.39, 0.29) is 35.3 Å². The SMILES string of the molecule is COc1ccc2c(C)c(C(=O)N3CCN[C@@H]4CS(=O)(=O)C[C@@H]43)oc2c1. The summed E-state index contributed by atoms with van der Waals surface area (Å²) in [6.07, 6.45) is 0. The normalized spacial score (nSPS) is 25.1. The molecule has 25 heavy (non-hydrogen) atoms. The molecular weight excluding hydrogens is 344 g/mol. The van der Waals surface area contributed by atoms with Gasteiger partial charge < -0.3 is 19.4 Å².